The van der Waals surface area contributed by atoms with E-state index in [4.69, 9.17) is 5.73 Å². The lowest BCUT2D eigenvalue weighted by Gasteiger charge is -1.92. The monoisotopic (exact) mass is 605 g/mol. The predicted octanol–water partition coefficient (Wildman–Crippen LogP) is 7.76. The number of nitrogens with one attached hydrogen (secondary N) is 2. The lowest BCUT2D eigenvalue weighted by atomic mass is 10.2. The van der Waals surface area contributed by atoms with E-state index in [2.05, 4.69) is 57.2 Å². The van der Waals surface area contributed by atoms with Gasteiger partial charge in [0, 0.05) is 53.5 Å². The molecule has 0 spiro atoms. The molecule has 0 atom stereocenters. The van der Waals surface area contributed by atoms with Crippen molar-refractivity contribution < 1.29 is 4.63 Å². The maximum atomic E-state index is 5.51. The number of anilines is 1. The molecule has 0 aliphatic heterocycles. The van der Waals surface area contributed by atoms with Crippen LogP contribution in [-0.2, 0) is 0 Å². The number of hydrogen-bond donors (Lipinski definition) is 3. The van der Waals surface area contributed by atoms with Crippen LogP contribution in [0.1, 0.15) is 0 Å². The molecular formula is C36H31N9O. The van der Waals surface area contributed by atoms with Crippen LogP contribution in [0.2, 0.25) is 0 Å². The molecule has 6 aromatic heterocycles. The van der Waals surface area contributed by atoms with Crippen molar-refractivity contribution in [3.05, 3.63) is 165 Å². The first kappa shape index (κ1) is 30.8. The number of hydrogen-bond acceptors (Lipinski definition) is 8. The fourth-order valence-electron chi connectivity index (χ4n) is 4.10. The number of benzene rings is 3. The average Bonchev–Trinajstić information content (AvgIpc) is 3.92. The van der Waals surface area contributed by atoms with Gasteiger partial charge in [-0.2, -0.15) is 5.10 Å². The number of aromatic nitrogens is 8. The first-order valence-corrected chi connectivity index (χ1v) is 14.3. The van der Waals surface area contributed by atoms with Crippen LogP contribution in [0.4, 0.5) is 5.82 Å². The Morgan fingerprint density at radius 1 is 0.543 bits per heavy atom. The fourth-order valence-corrected chi connectivity index (χ4v) is 4.10. The molecule has 0 fully saturated rings. The summed E-state index contributed by atoms with van der Waals surface area (Å²) in [6.07, 6.45) is 12.7. The Morgan fingerprint density at radius 2 is 1.26 bits per heavy atom. The Morgan fingerprint density at radius 3 is 1.93 bits per heavy atom. The largest absolute Gasteiger partial charge is 0.379 e. The molecule has 10 heteroatoms. The normalized spacial score (nSPS) is 9.83. The van der Waals surface area contributed by atoms with Crippen LogP contribution in [0.15, 0.2) is 169 Å². The number of nitrogen functional groups attached to an aromatic ring is 1. The molecule has 3 aromatic carbocycles. The number of rotatable bonds is 1. The third-order valence-electron chi connectivity index (χ3n) is 6.35. The highest BCUT2D eigenvalue weighted by Gasteiger charge is 2.06. The van der Waals surface area contributed by atoms with Crippen molar-refractivity contribution in [3.8, 4) is 11.3 Å². The highest BCUT2D eigenvalue weighted by molar-refractivity contribution is 5.81. The Bertz CT molecular complexity index is 1920. The Balaban J connectivity index is 0.000000115. The van der Waals surface area contributed by atoms with Gasteiger partial charge in [-0.3, -0.25) is 15.1 Å². The molecule has 0 amide bonds. The highest BCUT2D eigenvalue weighted by atomic mass is 16.6. The third-order valence-corrected chi connectivity index (χ3v) is 6.35. The van der Waals surface area contributed by atoms with Gasteiger partial charge in [0.05, 0.1) is 11.7 Å². The van der Waals surface area contributed by atoms with Crippen molar-refractivity contribution in [1.29, 1.82) is 0 Å². The minimum absolute atomic E-state index is 0.321. The van der Waals surface area contributed by atoms with Crippen LogP contribution in [0.5, 0.6) is 0 Å². The van der Waals surface area contributed by atoms with E-state index in [1.807, 2.05) is 134 Å². The molecule has 0 unspecified atom stereocenters. The average molecular weight is 606 g/mol. The second-order valence-corrected chi connectivity index (χ2v) is 9.49. The summed E-state index contributed by atoms with van der Waals surface area (Å²) in [6.45, 7) is 0. The Labute approximate surface area is 265 Å². The SMILES string of the molecule is Nc1nonc1-c1ccccc1.c1ccc2[nH]ncc2c1.c1ccc2cnccc2c1.c1ccncc1.c1cnc2[nH]ccc2c1. The zero-order valence-corrected chi connectivity index (χ0v) is 24.8. The lowest BCUT2D eigenvalue weighted by molar-refractivity contribution is 0.310. The van der Waals surface area contributed by atoms with Crippen molar-refractivity contribution in [1.82, 2.24) is 40.4 Å². The minimum atomic E-state index is 0.321. The molecule has 0 aliphatic carbocycles. The maximum absolute atomic E-state index is 5.51. The summed E-state index contributed by atoms with van der Waals surface area (Å²) in [5, 5.41) is 18.7. The molecule has 226 valence electrons. The van der Waals surface area contributed by atoms with Crippen molar-refractivity contribution >= 4 is 38.5 Å². The summed E-state index contributed by atoms with van der Waals surface area (Å²) in [5.41, 5.74) is 9.06. The highest BCUT2D eigenvalue weighted by Crippen LogP contribution is 2.20. The summed E-state index contributed by atoms with van der Waals surface area (Å²) in [5.74, 6) is 0.321. The summed E-state index contributed by atoms with van der Waals surface area (Å²) >= 11 is 0. The van der Waals surface area contributed by atoms with Crippen LogP contribution in [0.25, 0.3) is 44.0 Å². The van der Waals surface area contributed by atoms with Crippen LogP contribution in [-0.4, -0.2) is 40.4 Å². The van der Waals surface area contributed by atoms with Gasteiger partial charge in [-0.1, -0.05) is 78.9 Å². The van der Waals surface area contributed by atoms with Gasteiger partial charge in [0.2, 0.25) is 0 Å². The number of nitrogens with two attached hydrogens (primary N) is 1. The van der Waals surface area contributed by atoms with Gasteiger partial charge in [-0.05, 0) is 63.6 Å². The maximum Gasteiger partial charge on any atom is 0.196 e. The molecular weight excluding hydrogens is 574 g/mol. The number of nitrogens with zero attached hydrogens (tertiary/aromatic N) is 6. The van der Waals surface area contributed by atoms with Gasteiger partial charge in [0.15, 0.2) is 11.5 Å². The van der Waals surface area contributed by atoms with Gasteiger partial charge >= 0.3 is 0 Å². The molecule has 9 aromatic rings. The number of aromatic amines is 2. The molecule has 0 saturated carbocycles. The summed E-state index contributed by atoms with van der Waals surface area (Å²) in [7, 11) is 0. The quantitative estimate of drug-likeness (QED) is 0.172. The van der Waals surface area contributed by atoms with E-state index in [1.54, 1.807) is 18.6 Å². The molecule has 9 rings (SSSR count). The molecule has 0 radical (unpaired) electrons. The minimum Gasteiger partial charge on any atom is -0.379 e. The molecule has 46 heavy (non-hydrogen) atoms. The van der Waals surface area contributed by atoms with Crippen molar-refractivity contribution in [2.75, 3.05) is 5.73 Å². The van der Waals surface area contributed by atoms with Gasteiger partial charge in [-0.15, -0.1) is 0 Å². The third kappa shape index (κ3) is 9.16. The standard InChI is InChI=1S/C9H7N.C8H7N3O.2C7H6N2.C5H5N/c1-2-4-9-7-10-6-5-8(9)3-1;9-8-7(10-12-11-8)6-4-2-1-3-5-6;1-2-6-3-5-9-7(6)8-4-1;1-2-4-7-6(3-1)5-8-9-7;1-2-4-6-5-3-1/h1-7H;1-5H,(H2,9,11);2*1-5H,(H,8,9);1-5H. The zero-order chi connectivity index (χ0) is 31.7. The number of pyridine rings is 3. The van der Waals surface area contributed by atoms with Gasteiger partial charge in [-0.25, -0.2) is 9.61 Å². The van der Waals surface area contributed by atoms with Crippen LogP contribution in [0, 0.1) is 0 Å². The van der Waals surface area contributed by atoms with Crippen molar-refractivity contribution in [2.24, 2.45) is 0 Å². The summed E-state index contributed by atoms with van der Waals surface area (Å²) in [4.78, 5) is 14.9. The fraction of sp³-hybridized carbons (Fsp3) is 0. The molecule has 4 N–H and O–H groups in total. The van der Waals surface area contributed by atoms with Crippen molar-refractivity contribution in [3.63, 3.8) is 0 Å². The Kier molecular flexibility index (Phi) is 11.3. The van der Waals surface area contributed by atoms with E-state index in [0.29, 0.717) is 11.5 Å². The lowest BCUT2D eigenvalue weighted by Crippen LogP contribution is -1.87. The van der Waals surface area contributed by atoms with Gasteiger partial charge < -0.3 is 10.7 Å². The topological polar surface area (TPSA) is 148 Å². The van der Waals surface area contributed by atoms with Gasteiger partial charge in [0.25, 0.3) is 0 Å². The number of H-pyrrole nitrogens is 2. The number of fused-ring (bicyclic) bond motifs is 3. The zero-order valence-electron chi connectivity index (χ0n) is 24.8. The van der Waals surface area contributed by atoms with E-state index in [9.17, 15) is 0 Å². The molecule has 0 saturated heterocycles. The second-order valence-electron chi connectivity index (χ2n) is 9.49. The first-order chi connectivity index (χ1) is 22.8. The van der Waals surface area contributed by atoms with Crippen molar-refractivity contribution in [2.45, 2.75) is 0 Å². The predicted molar refractivity (Wildman–Crippen MR) is 182 cm³/mol. The molecule has 6 heterocycles. The van der Waals surface area contributed by atoms with E-state index < -0.39 is 0 Å². The smallest absolute Gasteiger partial charge is 0.196 e. The first-order valence-electron chi connectivity index (χ1n) is 14.3. The van der Waals surface area contributed by atoms with Crippen LogP contribution in [0.3, 0.4) is 0 Å². The summed E-state index contributed by atoms with van der Waals surface area (Å²) in [6, 6.07) is 39.4. The summed E-state index contributed by atoms with van der Waals surface area (Å²) < 4.78 is 4.47. The molecule has 10 nitrogen and oxygen atoms in total. The van der Waals surface area contributed by atoms with Crippen LogP contribution < -0.4 is 5.73 Å². The van der Waals surface area contributed by atoms with Gasteiger partial charge in [0.1, 0.15) is 5.65 Å². The van der Waals surface area contributed by atoms with E-state index in [0.717, 1.165) is 27.5 Å². The molecule has 0 bridgehead atoms. The molecule has 0 aliphatic rings. The van der Waals surface area contributed by atoms with E-state index in [-0.39, 0.29) is 0 Å². The second kappa shape index (κ2) is 16.8. The number of para-hydroxylation sites is 1. The van der Waals surface area contributed by atoms with E-state index in [1.165, 1.54) is 10.8 Å². The Hall–Kier alpha value is -6.68. The van der Waals surface area contributed by atoms with E-state index >= 15 is 0 Å². The van der Waals surface area contributed by atoms with Crippen LogP contribution >= 0.6 is 0 Å².